The lowest BCUT2D eigenvalue weighted by Crippen LogP contribution is -2.33. The van der Waals surface area contributed by atoms with Crippen LogP contribution in [0.3, 0.4) is 0 Å². The van der Waals surface area contributed by atoms with Gasteiger partial charge in [-0.25, -0.2) is 14.6 Å². The molecular formula is C17H8N2O6. The molecule has 0 bridgehead atoms. The van der Waals surface area contributed by atoms with Crippen molar-refractivity contribution < 1.29 is 23.6 Å². The minimum Gasteiger partial charge on any atom is -0.421 e. The van der Waals surface area contributed by atoms with Crippen molar-refractivity contribution in [2.75, 3.05) is 9.80 Å². The highest BCUT2D eigenvalue weighted by Crippen LogP contribution is 2.27. The summed E-state index contributed by atoms with van der Waals surface area (Å²) in [4.78, 5) is 60.8. The van der Waals surface area contributed by atoms with E-state index in [0.29, 0.717) is 10.3 Å². The van der Waals surface area contributed by atoms with E-state index in [0.717, 1.165) is 29.2 Å². The minimum atomic E-state index is -0.847. The summed E-state index contributed by atoms with van der Waals surface area (Å²) < 4.78 is 5.14. The second kappa shape index (κ2) is 5.10. The van der Waals surface area contributed by atoms with E-state index >= 15 is 0 Å². The molecule has 8 nitrogen and oxygen atoms in total. The van der Waals surface area contributed by atoms with Crippen molar-refractivity contribution in [3.8, 4) is 0 Å². The number of hydrogen-bond donors (Lipinski definition) is 0. The Morgan fingerprint density at radius 3 is 1.84 bits per heavy atom. The molecule has 0 N–H and O–H groups in total. The first-order valence-corrected chi connectivity index (χ1v) is 7.16. The van der Waals surface area contributed by atoms with Crippen molar-refractivity contribution in [3.63, 3.8) is 0 Å². The van der Waals surface area contributed by atoms with E-state index in [-0.39, 0.29) is 17.0 Å². The van der Waals surface area contributed by atoms with Gasteiger partial charge in [0.1, 0.15) is 11.3 Å². The second-order valence-corrected chi connectivity index (χ2v) is 5.33. The lowest BCUT2D eigenvalue weighted by molar-refractivity contribution is -0.121. The van der Waals surface area contributed by atoms with Crippen LogP contribution in [-0.4, -0.2) is 23.6 Å². The molecule has 1 aromatic heterocycles. The summed E-state index contributed by atoms with van der Waals surface area (Å²) in [5.41, 5.74) is -0.608. The van der Waals surface area contributed by atoms with E-state index in [4.69, 9.17) is 4.42 Å². The fourth-order valence-electron chi connectivity index (χ4n) is 2.69. The number of imide groups is 2. The van der Waals surface area contributed by atoms with Crippen molar-refractivity contribution >= 4 is 46.0 Å². The number of amides is 4. The summed E-state index contributed by atoms with van der Waals surface area (Å²) >= 11 is 0. The zero-order valence-electron chi connectivity index (χ0n) is 12.5. The molecule has 2 aliphatic rings. The third-order valence-corrected chi connectivity index (χ3v) is 3.82. The van der Waals surface area contributed by atoms with Gasteiger partial charge in [-0.3, -0.25) is 19.2 Å². The molecule has 8 heteroatoms. The summed E-state index contributed by atoms with van der Waals surface area (Å²) in [6.45, 7) is 0. The Balaban J connectivity index is 1.85. The molecule has 1 aromatic carbocycles. The first kappa shape index (κ1) is 14.8. The van der Waals surface area contributed by atoms with Gasteiger partial charge in [0.2, 0.25) is 0 Å². The number of carbonyl (C=O) groups excluding carboxylic acids is 4. The van der Waals surface area contributed by atoms with Crippen LogP contribution in [-0.2, 0) is 19.2 Å². The van der Waals surface area contributed by atoms with Gasteiger partial charge < -0.3 is 4.42 Å². The maximum atomic E-state index is 12.1. The normalized spacial score (nSPS) is 16.8. The largest absolute Gasteiger partial charge is 0.421 e. The fraction of sp³-hybridized carbons (Fsp3) is 0. The number of fused-ring (bicyclic) bond motifs is 1. The van der Waals surface area contributed by atoms with Crippen molar-refractivity contribution in [3.05, 3.63) is 59.0 Å². The molecule has 4 amide bonds. The van der Waals surface area contributed by atoms with E-state index in [1.54, 1.807) is 0 Å². The first-order valence-electron chi connectivity index (χ1n) is 7.16. The Labute approximate surface area is 139 Å². The molecule has 25 heavy (non-hydrogen) atoms. The highest BCUT2D eigenvalue weighted by Gasteiger charge is 2.29. The Hall–Kier alpha value is -3.81. The first-order chi connectivity index (χ1) is 12.0. The van der Waals surface area contributed by atoms with Gasteiger partial charge in [-0.1, -0.05) is 0 Å². The molecule has 2 aliphatic heterocycles. The standard InChI is InChI=1S/C17H8N2O6/c20-13-3-4-14(21)18(13)10-1-2-12-9(7-10)8-11(17(24)25-12)19-15(22)5-6-16(19)23/h1-8H. The molecule has 3 heterocycles. The quantitative estimate of drug-likeness (QED) is 0.589. The van der Waals surface area contributed by atoms with Gasteiger partial charge in [-0.2, -0.15) is 0 Å². The topological polar surface area (TPSA) is 105 Å². The van der Waals surface area contributed by atoms with Crippen LogP contribution in [0, 0.1) is 0 Å². The van der Waals surface area contributed by atoms with Crippen molar-refractivity contribution in [2.24, 2.45) is 0 Å². The van der Waals surface area contributed by atoms with Crippen LogP contribution >= 0.6 is 0 Å². The molecule has 122 valence electrons. The molecule has 2 aromatic rings. The van der Waals surface area contributed by atoms with E-state index in [9.17, 15) is 24.0 Å². The highest BCUT2D eigenvalue weighted by atomic mass is 16.4. The molecule has 0 unspecified atom stereocenters. The van der Waals surface area contributed by atoms with Crippen LogP contribution in [0.5, 0.6) is 0 Å². The predicted molar refractivity (Wildman–Crippen MR) is 85.8 cm³/mol. The van der Waals surface area contributed by atoms with Gasteiger partial charge in [-0.05, 0) is 24.3 Å². The summed E-state index contributed by atoms with van der Waals surface area (Å²) in [5, 5.41) is 0.354. The van der Waals surface area contributed by atoms with E-state index in [2.05, 4.69) is 0 Å². The molecule has 0 atom stereocenters. The molecule has 0 spiro atoms. The number of anilines is 2. The minimum absolute atomic E-state index is 0.191. The zero-order chi connectivity index (χ0) is 17.7. The molecule has 4 rings (SSSR count). The average molecular weight is 336 g/mol. The fourth-order valence-corrected chi connectivity index (χ4v) is 2.69. The predicted octanol–water partition coefficient (Wildman–Crippen LogP) is 0.652. The third-order valence-electron chi connectivity index (χ3n) is 3.82. The molecular weight excluding hydrogens is 328 g/mol. The monoisotopic (exact) mass is 336 g/mol. The second-order valence-electron chi connectivity index (χ2n) is 5.33. The Kier molecular flexibility index (Phi) is 3.01. The van der Waals surface area contributed by atoms with Crippen LogP contribution in [0.25, 0.3) is 11.0 Å². The summed E-state index contributed by atoms with van der Waals surface area (Å²) in [6, 6.07) is 5.66. The van der Waals surface area contributed by atoms with E-state index in [1.165, 1.54) is 24.3 Å². The summed E-state index contributed by atoms with van der Waals surface area (Å²) in [7, 11) is 0. The van der Waals surface area contributed by atoms with Crippen molar-refractivity contribution in [1.29, 1.82) is 0 Å². The van der Waals surface area contributed by atoms with Gasteiger partial charge in [0.15, 0.2) is 0 Å². The van der Waals surface area contributed by atoms with Crippen LogP contribution in [0.1, 0.15) is 0 Å². The van der Waals surface area contributed by atoms with Crippen LogP contribution < -0.4 is 15.4 Å². The Morgan fingerprint density at radius 1 is 0.680 bits per heavy atom. The van der Waals surface area contributed by atoms with E-state index in [1.807, 2.05) is 0 Å². The summed E-state index contributed by atoms with van der Waals surface area (Å²) in [6.07, 6.45) is 4.40. The number of rotatable bonds is 2. The molecule has 0 saturated heterocycles. The van der Waals surface area contributed by atoms with E-state index < -0.39 is 29.3 Å². The van der Waals surface area contributed by atoms with Crippen LogP contribution in [0.2, 0.25) is 0 Å². The third kappa shape index (κ3) is 2.19. The maximum Gasteiger partial charge on any atom is 0.360 e. The highest BCUT2D eigenvalue weighted by molar-refractivity contribution is 6.29. The molecule has 0 fully saturated rings. The number of carbonyl (C=O) groups is 4. The van der Waals surface area contributed by atoms with Gasteiger partial charge in [0.25, 0.3) is 23.6 Å². The average Bonchev–Trinajstić information content (AvgIpc) is 3.08. The Morgan fingerprint density at radius 2 is 1.24 bits per heavy atom. The van der Waals surface area contributed by atoms with Gasteiger partial charge in [0.05, 0.1) is 5.69 Å². The van der Waals surface area contributed by atoms with Gasteiger partial charge in [-0.15, -0.1) is 0 Å². The van der Waals surface area contributed by atoms with Crippen molar-refractivity contribution in [1.82, 2.24) is 0 Å². The lowest BCUT2D eigenvalue weighted by atomic mass is 10.2. The number of nitrogens with zero attached hydrogens (tertiary/aromatic N) is 2. The van der Waals surface area contributed by atoms with Crippen molar-refractivity contribution in [2.45, 2.75) is 0 Å². The van der Waals surface area contributed by atoms with Crippen LogP contribution in [0.15, 0.2) is 57.8 Å². The van der Waals surface area contributed by atoms with Gasteiger partial charge in [0, 0.05) is 29.7 Å². The smallest absolute Gasteiger partial charge is 0.360 e. The van der Waals surface area contributed by atoms with Gasteiger partial charge >= 0.3 is 5.63 Å². The Bertz CT molecular complexity index is 1070. The lowest BCUT2D eigenvalue weighted by Gasteiger charge is -2.15. The maximum absolute atomic E-state index is 12.1. The number of hydrogen-bond acceptors (Lipinski definition) is 6. The van der Waals surface area contributed by atoms with Crippen LogP contribution in [0.4, 0.5) is 11.4 Å². The number of benzene rings is 1. The molecule has 0 radical (unpaired) electrons. The molecule has 0 saturated carbocycles. The zero-order valence-corrected chi connectivity index (χ0v) is 12.5. The summed E-state index contributed by atoms with van der Waals surface area (Å²) in [5.74, 6) is -2.28. The SMILES string of the molecule is O=C1C=CC(=O)N1c1ccc2oc(=O)c(N3C(=O)C=CC3=O)cc2c1. The molecule has 0 aliphatic carbocycles.